The van der Waals surface area contributed by atoms with Gasteiger partial charge >= 0.3 is 5.97 Å². The highest BCUT2D eigenvalue weighted by Crippen LogP contribution is 2.26. The van der Waals surface area contributed by atoms with E-state index in [0.717, 1.165) is 11.8 Å². The standard InChI is InChI=1S/C13H11Cl2N3O4S/c14-8-1-6(5-19)2-9(15)7(8)4-16-18-13-17-12(22)10(23-13)3-11(20)21/h1-2,4,10,19H,3,5H2,(H,20,21)(H,17,18,22). The molecule has 1 aliphatic heterocycles. The van der Waals surface area contributed by atoms with Gasteiger partial charge in [-0.3, -0.25) is 9.59 Å². The van der Waals surface area contributed by atoms with Crippen LogP contribution in [0.2, 0.25) is 10.0 Å². The molecule has 2 rings (SSSR count). The quantitative estimate of drug-likeness (QED) is 0.537. The number of carbonyl (C=O) groups is 2. The molecule has 1 aromatic rings. The molecule has 0 aromatic heterocycles. The van der Waals surface area contributed by atoms with Crippen molar-refractivity contribution in [3.8, 4) is 0 Å². The maximum absolute atomic E-state index is 11.5. The molecule has 0 bridgehead atoms. The summed E-state index contributed by atoms with van der Waals surface area (Å²) in [5, 5.41) is 27.9. The number of aliphatic hydroxyl groups is 1. The van der Waals surface area contributed by atoms with Crippen LogP contribution in [-0.2, 0) is 16.2 Å². The molecule has 23 heavy (non-hydrogen) atoms. The minimum atomic E-state index is -1.06. The first-order valence-corrected chi connectivity index (χ1v) is 7.93. The summed E-state index contributed by atoms with van der Waals surface area (Å²) in [6, 6.07) is 3.10. The van der Waals surface area contributed by atoms with Crippen molar-refractivity contribution in [1.82, 2.24) is 5.32 Å². The molecule has 1 heterocycles. The summed E-state index contributed by atoms with van der Waals surface area (Å²) in [6.45, 7) is -0.188. The molecule has 1 aromatic carbocycles. The van der Waals surface area contributed by atoms with Gasteiger partial charge in [-0.05, 0) is 17.7 Å². The molecule has 3 N–H and O–H groups in total. The number of benzene rings is 1. The van der Waals surface area contributed by atoms with Crippen LogP contribution in [0.5, 0.6) is 0 Å². The Kier molecular flexibility index (Phi) is 6.00. The number of rotatable bonds is 5. The lowest BCUT2D eigenvalue weighted by Gasteiger charge is -2.03. The third-order valence-electron chi connectivity index (χ3n) is 2.79. The molecule has 1 atom stereocenters. The smallest absolute Gasteiger partial charge is 0.305 e. The first-order valence-electron chi connectivity index (χ1n) is 6.30. The first-order chi connectivity index (χ1) is 10.9. The normalized spacial score (nSPS) is 19.5. The number of amidine groups is 1. The van der Waals surface area contributed by atoms with Gasteiger partial charge in [0.1, 0.15) is 5.25 Å². The maximum Gasteiger partial charge on any atom is 0.305 e. The summed E-state index contributed by atoms with van der Waals surface area (Å²) in [6.07, 6.45) is 1.02. The molecule has 1 unspecified atom stereocenters. The van der Waals surface area contributed by atoms with E-state index in [0.29, 0.717) is 21.2 Å². The SMILES string of the molecule is O=C(O)CC1SC(=NN=Cc2c(Cl)cc(CO)cc2Cl)NC1=O. The van der Waals surface area contributed by atoms with E-state index in [1.54, 1.807) is 12.1 Å². The Labute approximate surface area is 145 Å². The highest BCUT2D eigenvalue weighted by atomic mass is 35.5. The van der Waals surface area contributed by atoms with Crippen LogP contribution in [0, 0.1) is 0 Å². The average molecular weight is 376 g/mol. The number of carbonyl (C=O) groups excluding carboxylic acids is 1. The number of thioether (sulfide) groups is 1. The highest BCUT2D eigenvalue weighted by molar-refractivity contribution is 8.15. The fourth-order valence-corrected chi connectivity index (χ4v) is 3.28. The van der Waals surface area contributed by atoms with Gasteiger partial charge in [0.05, 0.1) is 29.3 Å². The van der Waals surface area contributed by atoms with Crippen molar-refractivity contribution in [3.05, 3.63) is 33.3 Å². The van der Waals surface area contributed by atoms with Gasteiger partial charge in [0.25, 0.3) is 0 Å². The second-order valence-corrected chi connectivity index (χ2v) is 6.48. The molecule has 0 spiro atoms. The number of aliphatic carboxylic acids is 1. The molecule has 0 saturated carbocycles. The number of nitrogens with zero attached hydrogens (tertiary/aromatic N) is 2. The fourth-order valence-electron chi connectivity index (χ4n) is 1.74. The average Bonchev–Trinajstić information content (AvgIpc) is 2.81. The Bertz CT molecular complexity index is 685. The lowest BCUT2D eigenvalue weighted by atomic mass is 10.1. The largest absolute Gasteiger partial charge is 0.481 e. The monoisotopic (exact) mass is 375 g/mol. The predicted octanol–water partition coefficient (Wildman–Crippen LogP) is 1.88. The predicted molar refractivity (Wildman–Crippen MR) is 89.2 cm³/mol. The topological polar surface area (TPSA) is 111 Å². The lowest BCUT2D eigenvalue weighted by molar-refractivity contribution is -0.138. The van der Waals surface area contributed by atoms with Crippen molar-refractivity contribution >= 4 is 58.2 Å². The van der Waals surface area contributed by atoms with Crippen LogP contribution >= 0.6 is 35.0 Å². The molecular formula is C13H11Cl2N3O4S. The summed E-state index contributed by atoms with van der Waals surface area (Å²) in [5.41, 5.74) is 0.991. The number of carboxylic acid groups (broad SMARTS) is 1. The summed E-state index contributed by atoms with van der Waals surface area (Å²) in [4.78, 5) is 22.2. The van der Waals surface area contributed by atoms with Crippen molar-refractivity contribution < 1.29 is 19.8 Å². The fraction of sp³-hybridized carbons (Fsp3) is 0.231. The summed E-state index contributed by atoms with van der Waals surface area (Å²) >= 11 is 13.1. The van der Waals surface area contributed by atoms with Crippen LogP contribution in [0.3, 0.4) is 0 Å². The van der Waals surface area contributed by atoms with Crippen molar-refractivity contribution in [2.75, 3.05) is 0 Å². The van der Waals surface area contributed by atoms with Gasteiger partial charge in [0, 0.05) is 5.56 Å². The van der Waals surface area contributed by atoms with E-state index in [1.807, 2.05) is 0 Å². The van der Waals surface area contributed by atoms with Crippen molar-refractivity contribution in [2.45, 2.75) is 18.3 Å². The van der Waals surface area contributed by atoms with Gasteiger partial charge in [-0.2, -0.15) is 5.10 Å². The molecule has 1 saturated heterocycles. The molecule has 122 valence electrons. The molecule has 0 radical (unpaired) electrons. The molecule has 1 fully saturated rings. The molecule has 0 aliphatic carbocycles. The number of amides is 1. The summed E-state index contributed by atoms with van der Waals surface area (Å²) in [5.74, 6) is -1.49. The third-order valence-corrected chi connectivity index (χ3v) is 4.49. The zero-order valence-corrected chi connectivity index (χ0v) is 13.8. The van der Waals surface area contributed by atoms with Gasteiger partial charge in [-0.15, -0.1) is 5.10 Å². The van der Waals surface area contributed by atoms with E-state index >= 15 is 0 Å². The van der Waals surface area contributed by atoms with Gasteiger partial charge in [-0.25, -0.2) is 0 Å². The first kappa shape index (κ1) is 17.7. The van der Waals surface area contributed by atoms with Crippen LogP contribution in [0.15, 0.2) is 22.3 Å². The minimum absolute atomic E-state index is 0.188. The molecule has 7 nitrogen and oxygen atoms in total. The Morgan fingerprint density at radius 3 is 2.61 bits per heavy atom. The maximum atomic E-state index is 11.5. The number of hydrogen-bond donors (Lipinski definition) is 3. The van der Waals surface area contributed by atoms with E-state index in [9.17, 15) is 9.59 Å². The number of carboxylic acids is 1. The van der Waals surface area contributed by atoms with Gasteiger partial charge in [0.15, 0.2) is 5.17 Å². The van der Waals surface area contributed by atoms with E-state index in [-0.39, 0.29) is 18.2 Å². The third kappa shape index (κ3) is 4.68. The van der Waals surface area contributed by atoms with Gasteiger partial charge < -0.3 is 15.5 Å². The Morgan fingerprint density at radius 1 is 1.39 bits per heavy atom. The minimum Gasteiger partial charge on any atom is -0.481 e. The number of nitrogens with one attached hydrogen (secondary N) is 1. The molecule has 1 amide bonds. The van der Waals surface area contributed by atoms with E-state index in [1.165, 1.54) is 6.21 Å². The Morgan fingerprint density at radius 2 is 2.04 bits per heavy atom. The van der Waals surface area contributed by atoms with Crippen LogP contribution in [0.1, 0.15) is 17.5 Å². The van der Waals surface area contributed by atoms with E-state index in [2.05, 4.69) is 15.5 Å². The van der Waals surface area contributed by atoms with Crippen LogP contribution in [-0.4, -0.2) is 38.7 Å². The second-order valence-electron chi connectivity index (χ2n) is 4.47. The Balaban J connectivity index is 2.10. The van der Waals surface area contributed by atoms with Crippen LogP contribution in [0.4, 0.5) is 0 Å². The zero-order chi connectivity index (χ0) is 17.0. The molecular weight excluding hydrogens is 365 g/mol. The lowest BCUT2D eigenvalue weighted by Crippen LogP contribution is -2.26. The second kappa shape index (κ2) is 7.78. The number of hydrogen-bond acceptors (Lipinski definition) is 6. The number of aliphatic hydroxyl groups excluding tert-OH is 1. The van der Waals surface area contributed by atoms with Crippen molar-refractivity contribution in [2.24, 2.45) is 10.2 Å². The highest BCUT2D eigenvalue weighted by Gasteiger charge is 2.32. The van der Waals surface area contributed by atoms with Gasteiger partial charge in [-0.1, -0.05) is 35.0 Å². The van der Waals surface area contributed by atoms with Crippen molar-refractivity contribution in [3.63, 3.8) is 0 Å². The van der Waals surface area contributed by atoms with Gasteiger partial charge in [0.2, 0.25) is 5.91 Å². The zero-order valence-electron chi connectivity index (χ0n) is 11.5. The Hall–Kier alpha value is -1.61. The van der Waals surface area contributed by atoms with Crippen LogP contribution < -0.4 is 5.32 Å². The molecule has 1 aliphatic rings. The van der Waals surface area contributed by atoms with E-state index < -0.39 is 17.1 Å². The van der Waals surface area contributed by atoms with E-state index in [4.69, 9.17) is 33.4 Å². The summed E-state index contributed by atoms with van der Waals surface area (Å²) < 4.78 is 0. The number of halogens is 2. The van der Waals surface area contributed by atoms with Crippen molar-refractivity contribution in [1.29, 1.82) is 0 Å². The van der Waals surface area contributed by atoms with Crippen LogP contribution in [0.25, 0.3) is 0 Å². The summed E-state index contributed by atoms with van der Waals surface area (Å²) in [7, 11) is 0. The molecule has 10 heteroatoms.